The van der Waals surface area contributed by atoms with Gasteiger partial charge in [0.25, 0.3) is 0 Å². The molecule has 0 aliphatic heterocycles. The molecular weight excluding hydrogens is 364 g/mol. The SMILES string of the molecule is O=C[SH](=O)(N(c1ccccc1)S(=O)(=O)C(F)(F)F)C(F)(F)F. The molecule has 1 rings (SSSR count). The molecule has 0 aliphatic carbocycles. The van der Waals surface area contributed by atoms with Gasteiger partial charge in [0.05, 0.1) is 5.69 Å². The molecule has 22 heavy (non-hydrogen) atoms. The Hall–Kier alpha value is -1.63. The second kappa shape index (κ2) is 5.53. The van der Waals surface area contributed by atoms with E-state index >= 15 is 0 Å². The van der Waals surface area contributed by atoms with Gasteiger partial charge in [-0.2, -0.15) is 38.5 Å². The Morgan fingerprint density at radius 3 is 1.77 bits per heavy atom. The third kappa shape index (κ3) is 2.95. The molecule has 1 aromatic rings. The van der Waals surface area contributed by atoms with E-state index in [9.17, 15) is 43.8 Å². The molecule has 0 fully saturated rings. The number of hydrogen-bond donors (Lipinski definition) is 1. The van der Waals surface area contributed by atoms with Gasteiger partial charge in [-0.1, -0.05) is 18.2 Å². The molecule has 13 heteroatoms. The summed E-state index contributed by atoms with van der Waals surface area (Å²) in [7, 11) is -13.3. The molecule has 0 bridgehead atoms. The highest BCUT2D eigenvalue weighted by Gasteiger charge is 2.61. The van der Waals surface area contributed by atoms with Crippen LogP contribution in [0.3, 0.4) is 0 Å². The van der Waals surface area contributed by atoms with Crippen molar-refractivity contribution in [3.05, 3.63) is 30.3 Å². The number of sulfonamides is 1. The number of carbonyl (C=O) groups excluding carboxylic acids is 1. The third-order valence-corrected chi connectivity index (χ3v) is 6.68. The molecule has 0 amide bonds. The van der Waals surface area contributed by atoms with E-state index in [1.807, 2.05) is 0 Å². The van der Waals surface area contributed by atoms with Gasteiger partial charge in [-0.3, -0.25) is 4.79 Å². The van der Waals surface area contributed by atoms with Gasteiger partial charge in [-0.05, 0) is 12.1 Å². The van der Waals surface area contributed by atoms with Crippen LogP contribution in [0, 0.1) is 0 Å². The van der Waals surface area contributed by atoms with Crippen LogP contribution >= 0.6 is 0 Å². The normalized spacial score (nSPS) is 14.5. The number of hydrogen-bond acceptors (Lipinski definition) is 4. The summed E-state index contributed by atoms with van der Waals surface area (Å²) in [4.78, 5) is 10.6. The fraction of sp³-hybridized carbons (Fsp3) is 0.222. The van der Waals surface area contributed by atoms with Crippen LogP contribution in [0.15, 0.2) is 30.3 Å². The highest BCUT2D eigenvalue weighted by atomic mass is 32.3. The first-order valence-electron chi connectivity index (χ1n) is 5.09. The lowest BCUT2D eigenvalue weighted by atomic mass is 10.3. The van der Waals surface area contributed by atoms with E-state index in [0.717, 1.165) is 12.1 Å². The maximum Gasteiger partial charge on any atom is 0.517 e. The summed E-state index contributed by atoms with van der Waals surface area (Å²) in [6, 6.07) is 4.09. The lowest BCUT2D eigenvalue weighted by molar-refractivity contribution is -0.0447. The van der Waals surface area contributed by atoms with Crippen LogP contribution in [0.2, 0.25) is 0 Å². The lowest BCUT2D eigenvalue weighted by Crippen LogP contribution is -2.54. The minimum absolute atomic E-state index is 0.547. The van der Waals surface area contributed by atoms with E-state index in [-0.39, 0.29) is 0 Å². The van der Waals surface area contributed by atoms with E-state index in [0.29, 0.717) is 12.1 Å². The van der Waals surface area contributed by atoms with Crippen molar-refractivity contribution < 1.29 is 43.8 Å². The minimum atomic E-state index is -6.73. The first-order valence-corrected chi connectivity index (χ1v) is 8.26. The zero-order chi connectivity index (χ0) is 17.4. The van der Waals surface area contributed by atoms with Gasteiger partial charge in [0.2, 0.25) is 5.62 Å². The van der Waals surface area contributed by atoms with Crippen LogP contribution in [0.1, 0.15) is 0 Å². The van der Waals surface area contributed by atoms with Crippen LogP contribution in [0.5, 0.6) is 0 Å². The van der Waals surface area contributed by atoms with Gasteiger partial charge < -0.3 is 0 Å². The van der Waals surface area contributed by atoms with Gasteiger partial charge in [0.1, 0.15) is 10.1 Å². The predicted octanol–water partition coefficient (Wildman–Crippen LogP) is 1.98. The lowest BCUT2D eigenvalue weighted by Gasteiger charge is -2.34. The van der Waals surface area contributed by atoms with Crippen LogP contribution in [0.25, 0.3) is 0 Å². The number of anilines is 1. The molecule has 5 nitrogen and oxygen atoms in total. The molecule has 0 aliphatic rings. The van der Waals surface area contributed by atoms with E-state index in [1.54, 1.807) is 0 Å². The standard InChI is InChI=1S/C9H7F6NO4S2/c10-8(11,12)21(18,6-17)16(7-4-2-1-3-5-7)22(19,20)9(13,14)15/h1-6,21H. The first kappa shape index (κ1) is 18.4. The van der Waals surface area contributed by atoms with Crippen LogP contribution in [0.4, 0.5) is 32.0 Å². The number of para-hydroxylation sites is 1. The van der Waals surface area contributed by atoms with E-state index in [4.69, 9.17) is 0 Å². The van der Waals surface area contributed by atoms with Gasteiger partial charge in [-0.25, -0.2) is 4.21 Å². The van der Waals surface area contributed by atoms with Crippen molar-refractivity contribution in [1.29, 1.82) is 0 Å². The molecule has 0 atom stereocenters. The quantitative estimate of drug-likeness (QED) is 0.499. The van der Waals surface area contributed by atoms with Crippen molar-refractivity contribution in [2.45, 2.75) is 11.0 Å². The molecule has 126 valence electrons. The molecule has 0 N–H and O–H groups in total. The fourth-order valence-corrected chi connectivity index (χ4v) is 4.76. The average molecular weight is 371 g/mol. The van der Waals surface area contributed by atoms with Crippen LogP contribution in [-0.2, 0) is 24.9 Å². The molecule has 0 unspecified atom stereocenters. The topological polar surface area (TPSA) is 71.5 Å². The summed E-state index contributed by atoms with van der Waals surface area (Å²) in [6.07, 6.45) is 0. The van der Waals surface area contributed by atoms with E-state index in [2.05, 4.69) is 0 Å². The maximum atomic E-state index is 12.8. The van der Waals surface area contributed by atoms with Crippen molar-refractivity contribution in [3.8, 4) is 0 Å². The molecule has 0 spiro atoms. The highest BCUT2D eigenvalue weighted by Crippen LogP contribution is 2.41. The summed E-state index contributed by atoms with van der Waals surface area (Å²) in [5.74, 6) is 0. The van der Waals surface area contributed by atoms with Crippen molar-refractivity contribution in [2.75, 3.05) is 3.71 Å². The number of carbonyl (C=O) groups is 1. The first-order chi connectivity index (χ1) is 9.79. The third-order valence-electron chi connectivity index (χ3n) is 2.27. The molecule has 0 aromatic heterocycles. The van der Waals surface area contributed by atoms with Gasteiger partial charge in [0.15, 0.2) is 0 Å². The molecule has 0 heterocycles. The molecule has 0 saturated heterocycles. The Kier molecular flexibility index (Phi) is 4.63. The Labute approximate surface area is 121 Å². The molecular formula is C9H7F6NO4S2. The van der Waals surface area contributed by atoms with Crippen LogP contribution in [-0.4, -0.2) is 29.3 Å². The zero-order valence-electron chi connectivity index (χ0n) is 10.2. The van der Waals surface area contributed by atoms with E-state index in [1.165, 1.54) is 6.07 Å². The Balaban J connectivity index is 3.79. The van der Waals surface area contributed by atoms with Crippen molar-refractivity contribution in [3.63, 3.8) is 0 Å². The van der Waals surface area contributed by atoms with Crippen molar-refractivity contribution >= 4 is 31.4 Å². The second-order valence-electron chi connectivity index (χ2n) is 3.73. The number of benzene rings is 1. The predicted molar refractivity (Wildman–Crippen MR) is 66.2 cm³/mol. The fourth-order valence-electron chi connectivity index (χ4n) is 1.33. The minimum Gasteiger partial charge on any atom is -0.288 e. The Morgan fingerprint density at radius 2 is 1.45 bits per heavy atom. The smallest absolute Gasteiger partial charge is 0.288 e. The summed E-state index contributed by atoms with van der Waals surface area (Å²) in [5, 5.41) is 0. The average Bonchev–Trinajstić information content (AvgIpc) is 2.37. The highest BCUT2D eigenvalue weighted by molar-refractivity contribution is 8.25. The van der Waals surface area contributed by atoms with Gasteiger partial charge in [-0.15, -0.1) is 0 Å². The van der Waals surface area contributed by atoms with E-state index < -0.39 is 46.2 Å². The largest absolute Gasteiger partial charge is 0.517 e. The number of thiol groups is 1. The Bertz CT molecular complexity index is 697. The molecule has 1 aromatic carbocycles. The number of nitrogens with zero attached hydrogens (tertiary/aromatic N) is 1. The summed E-state index contributed by atoms with van der Waals surface area (Å²) < 4.78 is 109. The second-order valence-corrected chi connectivity index (χ2v) is 8.14. The molecule has 0 saturated carbocycles. The number of alkyl halides is 6. The number of rotatable bonds is 4. The summed E-state index contributed by atoms with van der Waals surface area (Å²) in [5.41, 5.74) is -14.7. The van der Waals surface area contributed by atoms with Gasteiger partial charge >= 0.3 is 21.0 Å². The number of halogens is 6. The van der Waals surface area contributed by atoms with Crippen molar-refractivity contribution in [1.82, 2.24) is 0 Å². The zero-order valence-corrected chi connectivity index (χ0v) is 11.9. The maximum absolute atomic E-state index is 12.8. The summed E-state index contributed by atoms with van der Waals surface area (Å²) >= 11 is 0. The van der Waals surface area contributed by atoms with Gasteiger partial charge in [0, 0.05) is 0 Å². The molecule has 0 radical (unpaired) electrons. The van der Waals surface area contributed by atoms with Crippen LogP contribution < -0.4 is 3.71 Å². The van der Waals surface area contributed by atoms with Crippen molar-refractivity contribution in [2.24, 2.45) is 0 Å². The summed E-state index contributed by atoms with van der Waals surface area (Å²) in [6.45, 7) is 0. The monoisotopic (exact) mass is 371 g/mol. The Morgan fingerprint density at radius 1 is 1.00 bits per heavy atom.